The average molecular weight is 272 g/mol. The topological polar surface area (TPSA) is 92.2 Å². The Morgan fingerprint density at radius 1 is 1.44 bits per heavy atom. The molecule has 6 nitrogen and oxygen atoms in total. The molecule has 0 aliphatic carbocycles. The highest BCUT2D eigenvalue weighted by molar-refractivity contribution is 6.29. The molecule has 0 aliphatic rings. The van der Waals surface area contributed by atoms with Crippen molar-refractivity contribution in [2.45, 2.75) is 32.2 Å². The lowest BCUT2D eigenvalue weighted by Gasteiger charge is -2.13. The molecular weight excluding hydrogens is 258 g/mol. The maximum atomic E-state index is 11.7. The number of amides is 1. The highest BCUT2D eigenvalue weighted by atomic mass is 35.5. The number of carboxylic acids is 1. The van der Waals surface area contributed by atoms with Crippen LogP contribution in [0.5, 0.6) is 0 Å². The van der Waals surface area contributed by atoms with Gasteiger partial charge in [-0.3, -0.25) is 4.79 Å². The van der Waals surface area contributed by atoms with Crippen molar-refractivity contribution in [3.05, 3.63) is 23.0 Å². The molecule has 0 saturated carbocycles. The molecule has 98 valence electrons. The zero-order chi connectivity index (χ0) is 13.5. The van der Waals surface area contributed by atoms with Crippen LogP contribution < -0.4 is 5.32 Å². The molecule has 0 spiro atoms. The molecule has 1 atom stereocenters. The van der Waals surface area contributed by atoms with Crippen molar-refractivity contribution in [3.63, 3.8) is 0 Å². The summed E-state index contributed by atoms with van der Waals surface area (Å²) in [6.07, 6.45) is 1.97. The fraction of sp³-hybridized carbons (Fsp3) is 0.455. The third kappa shape index (κ3) is 4.29. The van der Waals surface area contributed by atoms with Gasteiger partial charge < -0.3 is 10.4 Å². The summed E-state index contributed by atoms with van der Waals surface area (Å²) < 4.78 is 0. The van der Waals surface area contributed by atoms with Crippen molar-refractivity contribution in [3.8, 4) is 0 Å². The van der Waals surface area contributed by atoms with E-state index in [4.69, 9.17) is 16.7 Å². The maximum Gasteiger partial charge on any atom is 0.326 e. The second-order valence-corrected chi connectivity index (χ2v) is 4.14. The number of aromatic nitrogens is 2. The number of nitrogens with one attached hydrogen (secondary N) is 1. The number of halogens is 1. The van der Waals surface area contributed by atoms with Crippen LogP contribution >= 0.6 is 11.6 Å². The van der Waals surface area contributed by atoms with E-state index in [1.54, 1.807) is 0 Å². The SMILES string of the molecule is CCCC[C@H](NC(=O)c1ccc(Cl)nn1)C(=O)O. The van der Waals surface area contributed by atoms with Crippen LogP contribution in [0.4, 0.5) is 0 Å². The number of aliphatic carboxylic acids is 1. The average Bonchev–Trinajstić information content (AvgIpc) is 2.34. The van der Waals surface area contributed by atoms with E-state index in [9.17, 15) is 9.59 Å². The summed E-state index contributed by atoms with van der Waals surface area (Å²) in [5, 5.41) is 18.6. The predicted octanol–water partition coefficient (Wildman–Crippen LogP) is 1.50. The van der Waals surface area contributed by atoms with Gasteiger partial charge in [0.1, 0.15) is 6.04 Å². The second-order valence-electron chi connectivity index (χ2n) is 3.75. The van der Waals surface area contributed by atoms with Gasteiger partial charge in [0.05, 0.1) is 0 Å². The predicted molar refractivity (Wildman–Crippen MR) is 65.5 cm³/mol. The van der Waals surface area contributed by atoms with Gasteiger partial charge in [0, 0.05) is 0 Å². The van der Waals surface area contributed by atoms with Crippen molar-refractivity contribution < 1.29 is 14.7 Å². The Hall–Kier alpha value is -1.69. The first-order valence-electron chi connectivity index (χ1n) is 5.57. The van der Waals surface area contributed by atoms with Gasteiger partial charge >= 0.3 is 5.97 Å². The first-order chi connectivity index (χ1) is 8.54. The first kappa shape index (κ1) is 14.4. The van der Waals surface area contributed by atoms with E-state index in [0.29, 0.717) is 6.42 Å². The number of carbonyl (C=O) groups is 2. The normalized spacial score (nSPS) is 11.9. The molecule has 1 rings (SSSR count). The third-order valence-electron chi connectivity index (χ3n) is 2.31. The van der Waals surface area contributed by atoms with Crippen molar-refractivity contribution in [2.75, 3.05) is 0 Å². The van der Waals surface area contributed by atoms with Crippen molar-refractivity contribution in [1.82, 2.24) is 15.5 Å². The molecular formula is C11H14ClN3O3. The molecule has 1 aromatic heterocycles. The summed E-state index contributed by atoms with van der Waals surface area (Å²) in [4.78, 5) is 22.7. The molecule has 0 unspecified atom stereocenters. The van der Waals surface area contributed by atoms with Crippen LogP contribution in [0, 0.1) is 0 Å². The molecule has 7 heteroatoms. The van der Waals surface area contributed by atoms with E-state index in [0.717, 1.165) is 12.8 Å². The molecule has 0 radical (unpaired) electrons. The van der Waals surface area contributed by atoms with Crippen LogP contribution in [0.1, 0.15) is 36.7 Å². The van der Waals surface area contributed by atoms with Crippen LogP contribution in [-0.4, -0.2) is 33.2 Å². The highest BCUT2D eigenvalue weighted by Crippen LogP contribution is 2.05. The fourth-order valence-corrected chi connectivity index (χ4v) is 1.44. The number of unbranched alkanes of at least 4 members (excludes halogenated alkanes) is 1. The smallest absolute Gasteiger partial charge is 0.326 e. The monoisotopic (exact) mass is 271 g/mol. The van der Waals surface area contributed by atoms with Gasteiger partial charge in [-0.15, -0.1) is 10.2 Å². The zero-order valence-corrected chi connectivity index (χ0v) is 10.6. The third-order valence-corrected chi connectivity index (χ3v) is 2.52. The number of carbonyl (C=O) groups excluding carboxylic acids is 1. The summed E-state index contributed by atoms with van der Waals surface area (Å²) in [6, 6.07) is 1.91. The minimum atomic E-state index is -1.06. The summed E-state index contributed by atoms with van der Waals surface area (Å²) in [5.41, 5.74) is 0.0437. The van der Waals surface area contributed by atoms with E-state index in [2.05, 4.69) is 15.5 Å². The van der Waals surface area contributed by atoms with Crippen LogP contribution in [0.15, 0.2) is 12.1 Å². The Labute approximate surface area is 109 Å². The standard InChI is InChI=1S/C11H14ClN3O3/c1-2-3-4-8(11(17)18)13-10(16)7-5-6-9(12)15-14-7/h5-6,8H,2-4H2,1H3,(H,13,16)(H,17,18)/t8-/m0/s1. The van der Waals surface area contributed by atoms with Crippen LogP contribution in [0.3, 0.4) is 0 Å². The lowest BCUT2D eigenvalue weighted by molar-refractivity contribution is -0.139. The molecule has 2 N–H and O–H groups in total. The van der Waals surface area contributed by atoms with E-state index in [1.165, 1.54) is 12.1 Å². The molecule has 18 heavy (non-hydrogen) atoms. The Bertz CT molecular complexity index is 422. The fourth-order valence-electron chi connectivity index (χ4n) is 1.33. The van der Waals surface area contributed by atoms with Gasteiger partial charge in [-0.05, 0) is 18.6 Å². The molecule has 0 fully saturated rings. The summed E-state index contributed by atoms with van der Waals surface area (Å²) in [6.45, 7) is 1.95. The lowest BCUT2D eigenvalue weighted by atomic mass is 10.1. The second kappa shape index (κ2) is 6.90. The van der Waals surface area contributed by atoms with Gasteiger partial charge in [0.25, 0.3) is 5.91 Å². The number of nitrogens with zero attached hydrogens (tertiary/aromatic N) is 2. The van der Waals surface area contributed by atoms with Gasteiger partial charge in [-0.25, -0.2) is 4.79 Å². The van der Waals surface area contributed by atoms with Crippen LogP contribution in [-0.2, 0) is 4.79 Å². The van der Waals surface area contributed by atoms with E-state index in [-0.39, 0.29) is 10.8 Å². The number of hydrogen-bond acceptors (Lipinski definition) is 4. The van der Waals surface area contributed by atoms with Gasteiger partial charge in [-0.2, -0.15) is 0 Å². The Kier molecular flexibility index (Phi) is 5.51. The highest BCUT2D eigenvalue weighted by Gasteiger charge is 2.20. The Morgan fingerprint density at radius 3 is 2.67 bits per heavy atom. The van der Waals surface area contributed by atoms with E-state index in [1.807, 2.05) is 6.92 Å². The quantitative estimate of drug-likeness (QED) is 0.818. The molecule has 1 amide bonds. The Balaban J connectivity index is 2.66. The van der Waals surface area contributed by atoms with E-state index >= 15 is 0 Å². The molecule has 1 aromatic rings. The lowest BCUT2D eigenvalue weighted by Crippen LogP contribution is -2.41. The molecule has 0 aliphatic heterocycles. The minimum Gasteiger partial charge on any atom is -0.480 e. The summed E-state index contributed by atoms with van der Waals surface area (Å²) in [5.74, 6) is -1.62. The van der Waals surface area contributed by atoms with Gasteiger partial charge in [-0.1, -0.05) is 31.4 Å². The zero-order valence-electron chi connectivity index (χ0n) is 9.89. The molecule has 0 saturated heterocycles. The number of carboxylic acid groups (broad SMARTS) is 1. The van der Waals surface area contributed by atoms with Gasteiger partial charge in [0.15, 0.2) is 10.8 Å². The summed E-state index contributed by atoms with van der Waals surface area (Å²) >= 11 is 5.54. The minimum absolute atomic E-state index is 0.0437. The van der Waals surface area contributed by atoms with E-state index < -0.39 is 17.9 Å². The maximum absolute atomic E-state index is 11.7. The van der Waals surface area contributed by atoms with Crippen LogP contribution in [0.25, 0.3) is 0 Å². The van der Waals surface area contributed by atoms with Crippen molar-refractivity contribution in [1.29, 1.82) is 0 Å². The van der Waals surface area contributed by atoms with Crippen molar-refractivity contribution in [2.24, 2.45) is 0 Å². The van der Waals surface area contributed by atoms with Crippen molar-refractivity contribution >= 4 is 23.5 Å². The van der Waals surface area contributed by atoms with Gasteiger partial charge in [0.2, 0.25) is 0 Å². The number of hydrogen-bond donors (Lipinski definition) is 2. The largest absolute Gasteiger partial charge is 0.480 e. The van der Waals surface area contributed by atoms with Crippen LogP contribution in [0.2, 0.25) is 5.15 Å². The summed E-state index contributed by atoms with van der Waals surface area (Å²) in [7, 11) is 0. The molecule has 1 heterocycles. The number of rotatable bonds is 6. The molecule has 0 aromatic carbocycles. The Morgan fingerprint density at radius 2 is 2.17 bits per heavy atom. The molecule has 0 bridgehead atoms. The first-order valence-corrected chi connectivity index (χ1v) is 5.95.